The lowest BCUT2D eigenvalue weighted by atomic mass is 10.1. The van der Waals surface area contributed by atoms with Gasteiger partial charge in [0.05, 0.1) is 30.6 Å². The van der Waals surface area contributed by atoms with Crippen LogP contribution >= 0.6 is 0 Å². The molecule has 6 nitrogen and oxygen atoms in total. The van der Waals surface area contributed by atoms with Gasteiger partial charge in [0.15, 0.2) is 0 Å². The molecular formula is C18H26N4O2. The number of aromatic nitrogens is 2. The largest absolute Gasteiger partial charge is 0.383 e. The van der Waals surface area contributed by atoms with Crippen molar-refractivity contribution >= 4 is 5.91 Å². The third-order valence-electron chi connectivity index (χ3n) is 3.77. The number of methoxy groups -OCH3 is 1. The van der Waals surface area contributed by atoms with Crippen molar-refractivity contribution in [3.8, 4) is 0 Å². The summed E-state index contributed by atoms with van der Waals surface area (Å²) in [5.41, 5.74) is 2.79. The normalized spacial score (nSPS) is 10.8. The zero-order valence-corrected chi connectivity index (χ0v) is 14.4. The first-order valence-electron chi connectivity index (χ1n) is 8.32. The van der Waals surface area contributed by atoms with Gasteiger partial charge < -0.3 is 15.4 Å². The molecule has 130 valence electrons. The summed E-state index contributed by atoms with van der Waals surface area (Å²) >= 11 is 0. The van der Waals surface area contributed by atoms with Crippen LogP contribution < -0.4 is 10.6 Å². The van der Waals surface area contributed by atoms with E-state index in [0.29, 0.717) is 31.8 Å². The van der Waals surface area contributed by atoms with E-state index in [1.807, 2.05) is 29.8 Å². The second-order valence-electron chi connectivity index (χ2n) is 5.50. The van der Waals surface area contributed by atoms with Gasteiger partial charge in [-0.1, -0.05) is 37.3 Å². The molecule has 24 heavy (non-hydrogen) atoms. The fourth-order valence-corrected chi connectivity index (χ4v) is 2.52. The molecule has 1 aromatic carbocycles. The van der Waals surface area contributed by atoms with Crippen molar-refractivity contribution in [2.24, 2.45) is 0 Å². The Morgan fingerprint density at radius 1 is 1.21 bits per heavy atom. The van der Waals surface area contributed by atoms with Gasteiger partial charge in [-0.25, -0.2) is 0 Å². The van der Waals surface area contributed by atoms with Crippen LogP contribution in [0, 0.1) is 0 Å². The van der Waals surface area contributed by atoms with Crippen LogP contribution in [-0.2, 0) is 17.7 Å². The maximum absolute atomic E-state index is 12.4. The fraction of sp³-hybridized carbons (Fsp3) is 0.444. The first kappa shape index (κ1) is 18.2. The quantitative estimate of drug-likeness (QED) is 0.647. The molecule has 0 unspecified atom stereocenters. The number of rotatable bonds is 10. The number of nitrogens with zero attached hydrogens (tertiary/aromatic N) is 2. The second kappa shape index (κ2) is 9.85. The molecule has 6 heteroatoms. The molecular weight excluding hydrogens is 304 g/mol. The van der Waals surface area contributed by atoms with Crippen LogP contribution in [0.2, 0.25) is 0 Å². The smallest absolute Gasteiger partial charge is 0.254 e. The minimum Gasteiger partial charge on any atom is -0.383 e. The molecule has 0 aliphatic heterocycles. The minimum atomic E-state index is -0.0697. The molecule has 0 radical (unpaired) electrons. The topological polar surface area (TPSA) is 68.2 Å². The number of hydrogen-bond donors (Lipinski definition) is 2. The lowest BCUT2D eigenvalue weighted by molar-refractivity contribution is 0.0952. The summed E-state index contributed by atoms with van der Waals surface area (Å²) in [6, 6.07) is 10.1. The monoisotopic (exact) mass is 330 g/mol. The van der Waals surface area contributed by atoms with E-state index in [9.17, 15) is 4.79 Å². The zero-order valence-electron chi connectivity index (χ0n) is 14.4. The molecule has 0 saturated carbocycles. The van der Waals surface area contributed by atoms with E-state index in [-0.39, 0.29) is 5.91 Å². The Hall–Kier alpha value is -2.18. The van der Waals surface area contributed by atoms with Crippen molar-refractivity contribution in [3.63, 3.8) is 0 Å². The molecule has 0 atom stereocenters. The average molecular weight is 330 g/mol. The predicted octanol–water partition coefficient (Wildman–Crippen LogP) is 1.46. The van der Waals surface area contributed by atoms with Gasteiger partial charge in [0.25, 0.3) is 5.91 Å². The molecule has 0 spiro atoms. The predicted molar refractivity (Wildman–Crippen MR) is 94.2 cm³/mol. The van der Waals surface area contributed by atoms with Gasteiger partial charge in [-0.05, 0) is 12.0 Å². The number of carbonyl (C=O) groups is 1. The lowest BCUT2D eigenvalue weighted by Crippen LogP contribution is -2.33. The molecule has 0 aliphatic rings. The Kier molecular flexibility index (Phi) is 7.45. The highest BCUT2D eigenvalue weighted by atomic mass is 16.5. The highest BCUT2D eigenvalue weighted by Gasteiger charge is 2.15. The summed E-state index contributed by atoms with van der Waals surface area (Å²) in [6.07, 6.45) is 2.43. The van der Waals surface area contributed by atoms with Crippen LogP contribution in [0.4, 0.5) is 0 Å². The van der Waals surface area contributed by atoms with Crippen molar-refractivity contribution in [1.29, 1.82) is 0 Å². The van der Waals surface area contributed by atoms with Gasteiger partial charge in [-0.3, -0.25) is 9.48 Å². The summed E-state index contributed by atoms with van der Waals surface area (Å²) in [5.74, 6) is -0.0697. The van der Waals surface area contributed by atoms with Crippen molar-refractivity contribution in [2.45, 2.75) is 19.9 Å². The SMILES string of the molecule is CCc1c(C(=O)NCCNCCOC)cnn1Cc1ccccc1. The molecule has 1 heterocycles. The van der Waals surface area contributed by atoms with Crippen molar-refractivity contribution in [2.75, 3.05) is 33.4 Å². The zero-order chi connectivity index (χ0) is 17.2. The highest BCUT2D eigenvalue weighted by Crippen LogP contribution is 2.12. The van der Waals surface area contributed by atoms with E-state index < -0.39 is 0 Å². The van der Waals surface area contributed by atoms with E-state index in [2.05, 4.69) is 27.9 Å². The standard InChI is InChI=1S/C18H26N4O2/c1-3-17-16(18(23)20-10-9-19-11-12-24-2)13-21-22(17)14-15-7-5-4-6-8-15/h4-8,13,19H,3,9-12,14H2,1-2H3,(H,20,23). The van der Waals surface area contributed by atoms with Gasteiger partial charge in [0, 0.05) is 26.7 Å². The molecule has 0 saturated heterocycles. The maximum Gasteiger partial charge on any atom is 0.254 e. The molecule has 2 N–H and O–H groups in total. The average Bonchev–Trinajstić information content (AvgIpc) is 3.01. The molecule has 0 fully saturated rings. The van der Waals surface area contributed by atoms with E-state index in [1.165, 1.54) is 5.56 Å². The highest BCUT2D eigenvalue weighted by molar-refractivity contribution is 5.95. The third kappa shape index (κ3) is 5.18. The lowest BCUT2D eigenvalue weighted by Gasteiger charge is -2.09. The van der Waals surface area contributed by atoms with Gasteiger partial charge in [0.1, 0.15) is 0 Å². The van der Waals surface area contributed by atoms with E-state index >= 15 is 0 Å². The number of nitrogens with one attached hydrogen (secondary N) is 2. The minimum absolute atomic E-state index is 0.0697. The Morgan fingerprint density at radius 3 is 2.71 bits per heavy atom. The summed E-state index contributed by atoms with van der Waals surface area (Å²) in [4.78, 5) is 12.4. The first-order chi connectivity index (χ1) is 11.8. The van der Waals surface area contributed by atoms with Crippen molar-refractivity contribution in [3.05, 3.63) is 53.3 Å². The third-order valence-corrected chi connectivity index (χ3v) is 3.77. The number of hydrogen-bond acceptors (Lipinski definition) is 4. The maximum atomic E-state index is 12.4. The number of amides is 1. The number of carbonyl (C=O) groups excluding carboxylic acids is 1. The molecule has 2 rings (SSSR count). The molecule has 1 amide bonds. The second-order valence-corrected chi connectivity index (χ2v) is 5.50. The van der Waals surface area contributed by atoms with E-state index in [0.717, 1.165) is 18.7 Å². The summed E-state index contributed by atoms with van der Waals surface area (Å²) in [7, 11) is 1.67. The Labute approximate surface area is 143 Å². The van der Waals surface area contributed by atoms with E-state index in [1.54, 1.807) is 13.3 Å². The van der Waals surface area contributed by atoms with E-state index in [4.69, 9.17) is 4.74 Å². The van der Waals surface area contributed by atoms with Gasteiger partial charge in [-0.2, -0.15) is 5.10 Å². The van der Waals surface area contributed by atoms with Gasteiger partial charge in [-0.15, -0.1) is 0 Å². The first-order valence-corrected chi connectivity index (χ1v) is 8.32. The van der Waals surface area contributed by atoms with Crippen LogP contribution in [0.1, 0.15) is 28.5 Å². The van der Waals surface area contributed by atoms with Crippen LogP contribution in [0.15, 0.2) is 36.5 Å². The number of ether oxygens (including phenoxy) is 1. The summed E-state index contributed by atoms with van der Waals surface area (Å²) in [6.45, 7) is 5.46. The van der Waals surface area contributed by atoms with Crippen LogP contribution in [0.3, 0.4) is 0 Å². The van der Waals surface area contributed by atoms with Crippen LogP contribution in [-0.4, -0.2) is 49.0 Å². The Bertz CT molecular complexity index is 625. The molecule has 1 aromatic heterocycles. The molecule has 0 bridgehead atoms. The van der Waals surface area contributed by atoms with Crippen molar-refractivity contribution in [1.82, 2.24) is 20.4 Å². The van der Waals surface area contributed by atoms with Crippen molar-refractivity contribution < 1.29 is 9.53 Å². The van der Waals surface area contributed by atoms with Crippen LogP contribution in [0.5, 0.6) is 0 Å². The molecule has 0 aliphatic carbocycles. The number of benzene rings is 1. The van der Waals surface area contributed by atoms with Gasteiger partial charge in [0.2, 0.25) is 0 Å². The summed E-state index contributed by atoms with van der Waals surface area (Å²) < 4.78 is 6.86. The van der Waals surface area contributed by atoms with Gasteiger partial charge >= 0.3 is 0 Å². The molecule has 2 aromatic rings. The Balaban J connectivity index is 1.91. The Morgan fingerprint density at radius 2 is 2.00 bits per heavy atom. The van der Waals surface area contributed by atoms with Crippen LogP contribution in [0.25, 0.3) is 0 Å². The fourth-order valence-electron chi connectivity index (χ4n) is 2.52. The summed E-state index contributed by atoms with van der Waals surface area (Å²) in [5, 5.41) is 10.5.